The second-order valence-corrected chi connectivity index (χ2v) is 19.2. The van der Waals surface area contributed by atoms with E-state index < -0.39 is 0 Å². The van der Waals surface area contributed by atoms with E-state index in [4.69, 9.17) is 8.83 Å². The van der Waals surface area contributed by atoms with Gasteiger partial charge in [0.2, 0.25) is 0 Å². The average molecular weight is 945 g/mol. The SMILES string of the molecule is c1ccc(N(c2ccc3c(c2)oc2ccccc23)c2ccc3c(-c4cccc5ccccc45)c4cc(N(c5ccccc5)c5ccc6c(c5)oc5ccccc56)ccc4c(-c4cccc5ccccc45)c3c2)cc1. The van der Waals surface area contributed by atoms with Crippen molar-refractivity contribution in [3.63, 3.8) is 0 Å². The van der Waals surface area contributed by atoms with E-state index in [9.17, 15) is 0 Å². The normalized spacial score (nSPS) is 11.8. The lowest BCUT2D eigenvalue weighted by Gasteiger charge is -2.28. The molecule has 0 atom stereocenters. The van der Waals surface area contributed by atoms with Crippen LogP contribution in [0.25, 0.3) is 109 Å². The van der Waals surface area contributed by atoms with E-state index in [1.165, 1.54) is 43.8 Å². The fraction of sp³-hybridized carbons (Fsp3) is 0. The lowest BCUT2D eigenvalue weighted by atomic mass is 9.83. The first-order valence-corrected chi connectivity index (χ1v) is 25.2. The van der Waals surface area contributed by atoms with Crippen LogP contribution in [0.2, 0.25) is 0 Å². The molecule has 4 heteroatoms. The molecule has 0 aliphatic carbocycles. The summed E-state index contributed by atoms with van der Waals surface area (Å²) in [6.07, 6.45) is 0. The Hall–Kier alpha value is -9.90. The lowest BCUT2D eigenvalue weighted by Crippen LogP contribution is -2.10. The lowest BCUT2D eigenvalue weighted by molar-refractivity contribution is 0.668. The van der Waals surface area contributed by atoms with E-state index >= 15 is 0 Å². The average Bonchev–Trinajstić information content (AvgIpc) is 4.04. The van der Waals surface area contributed by atoms with Gasteiger partial charge >= 0.3 is 0 Å². The Kier molecular flexibility index (Phi) is 9.54. The summed E-state index contributed by atoms with van der Waals surface area (Å²) < 4.78 is 13.1. The van der Waals surface area contributed by atoms with Gasteiger partial charge < -0.3 is 18.6 Å². The van der Waals surface area contributed by atoms with E-state index in [1.807, 2.05) is 24.3 Å². The van der Waals surface area contributed by atoms with Gasteiger partial charge in [0.1, 0.15) is 22.3 Å². The highest BCUT2D eigenvalue weighted by Crippen LogP contribution is 2.51. The molecule has 0 unspecified atom stereocenters. The van der Waals surface area contributed by atoms with E-state index in [1.54, 1.807) is 0 Å². The Labute approximate surface area is 426 Å². The molecule has 0 radical (unpaired) electrons. The molecule has 4 nitrogen and oxygen atoms in total. The molecule has 0 aliphatic heterocycles. The number of hydrogen-bond donors (Lipinski definition) is 0. The quantitative estimate of drug-likeness (QED) is 0.142. The van der Waals surface area contributed by atoms with Crippen LogP contribution in [0.1, 0.15) is 0 Å². The van der Waals surface area contributed by atoms with Crippen molar-refractivity contribution >= 4 is 121 Å². The Balaban J connectivity index is 1.04. The van der Waals surface area contributed by atoms with Crippen LogP contribution in [-0.2, 0) is 0 Å². The fourth-order valence-electron chi connectivity index (χ4n) is 11.7. The minimum absolute atomic E-state index is 0.851. The molecule has 0 fully saturated rings. The molecule has 74 heavy (non-hydrogen) atoms. The molecule has 15 aromatic rings. The minimum atomic E-state index is 0.851. The summed E-state index contributed by atoms with van der Waals surface area (Å²) in [6.45, 7) is 0. The number of para-hydroxylation sites is 4. The summed E-state index contributed by atoms with van der Waals surface area (Å²) >= 11 is 0. The first kappa shape index (κ1) is 41.8. The molecular weight excluding hydrogens is 901 g/mol. The maximum Gasteiger partial charge on any atom is 0.137 e. The van der Waals surface area contributed by atoms with Gasteiger partial charge in [0.05, 0.1) is 0 Å². The van der Waals surface area contributed by atoms with E-state index in [0.29, 0.717) is 0 Å². The fourth-order valence-corrected chi connectivity index (χ4v) is 11.7. The maximum atomic E-state index is 6.53. The summed E-state index contributed by atoms with van der Waals surface area (Å²) in [5.41, 5.74) is 14.4. The number of rotatable bonds is 8. The molecule has 0 spiro atoms. The standard InChI is InChI=1S/C70H44N2O2/c1-3-21-47(22-4-1)71(51-33-37-57-55-27-11-13-31-65(55)73-67(57)43-51)49-35-39-61-63(41-49)69(59-29-15-19-45-17-7-9-25-53(45)59)62-40-36-50(42-64(62)70(61)60-30-16-20-46-18-8-10-26-54(46)60)72(48-23-5-2-6-24-48)52-34-38-58-56-28-12-14-32-66(56)74-68(58)44-52/h1-44H. The van der Waals surface area contributed by atoms with Crippen molar-refractivity contribution in [3.05, 3.63) is 267 Å². The Morgan fingerprint density at radius 3 is 0.986 bits per heavy atom. The second-order valence-electron chi connectivity index (χ2n) is 19.2. The zero-order valence-electron chi connectivity index (χ0n) is 40.1. The van der Waals surface area contributed by atoms with Gasteiger partial charge in [0, 0.05) is 67.8 Å². The van der Waals surface area contributed by atoms with Crippen LogP contribution < -0.4 is 9.80 Å². The smallest absolute Gasteiger partial charge is 0.137 e. The number of furan rings is 2. The van der Waals surface area contributed by atoms with Gasteiger partial charge in [-0.25, -0.2) is 0 Å². The molecule has 2 heterocycles. The summed E-state index contributed by atoms with van der Waals surface area (Å²) in [4.78, 5) is 4.72. The number of nitrogens with zero attached hydrogens (tertiary/aromatic N) is 2. The molecule has 0 N–H and O–H groups in total. The highest BCUT2D eigenvalue weighted by molar-refractivity contribution is 6.26. The largest absolute Gasteiger partial charge is 0.456 e. The number of hydrogen-bond acceptors (Lipinski definition) is 4. The van der Waals surface area contributed by atoms with Crippen molar-refractivity contribution in [1.82, 2.24) is 0 Å². The van der Waals surface area contributed by atoms with E-state index in [0.717, 1.165) is 99.5 Å². The highest BCUT2D eigenvalue weighted by Gasteiger charge is 2.24. The molecule has 0 saturated carbocycles. The van der Waals surface area contributed by atoms with Gasteiger partial charge in [-0.15, -0.1) is 0 Å². The van der Waals surface area contributed by atoms with Crippen LogP contribution in [0.3, 0.4) is 0 Å². The highest BCUT2D eigenvalue weighted by atomic mass is 16.3. The zero-order chi connectivity index (χ0) is 48.7. The van der Waals surface area contributed by atoms with Crippen LogP contribution in [0, 0.1) is 0 Å². The van der Waals surface area contributed by atoms with Crippen molar-refractivity contribution in [1.29, 1.82) is 0 Å². The predicted molar refractivity (Wildman–Crippen MR) is 311 cm³/mol. The first-order chi connectivity index (χ1) is 36.7. The molecular formula is C70H44N2O2. The van der Waals surface area contributed by atoms with E-state index in [2.05, 4.69) is 252 Å². The molecule has 2 aromatic heterocycles. The van der Waals surface area contributed by atoms with Crippen LogP contribution in [-0.4, -0.2) is 0 Å². The monoisotopic (exact) mass is 944 g/mol. The Bertz CT molecular complexity index is 4380. The van der Waals surface area contributed by atoms with Crippen molar-refractivity contribution in [2.24, 2.45) is 0 Å². The minimum Gasteiger partial charge on any atom is -0.456 e. The second kappa shape index (κ2) is 16.9. The Morgan fingerprint density at radius 1 is 0.203 bits per heavy atom. The summed E-state index contributed by atoms with van der Waals surface area (Å²) in [6, 6.07) is 96.3. The number of fused-ring (bicyclic) bond motifs is 10. The van der Waals surface area contributed by atoms with Crippen molar-refractivity contribution in [2.75, 3.05) is 9.80 Å². The van der Waals surface area contributed by atoms with Gasteiger partial charge in [-0.05, 0) is 150 Å². The number of anilines is 6. The van der Waals surface area contributed by atoms with Gasteiger partial charge in [-0.1, -0.05) is 170 Å². The summed E-state index contributed by atoms with van der Waals surface area (Å²) in [5.74, 6) is 0. The van der Waals surface area contributed by atoms with Gasteiger partial charge in [-0.2, -0.15) is 0 Å². The van der Waals surface area contributed by atoms with Crippen molar-refractivity contribution in [2.45, 2.75) is 0 Å². The zero-order valence-corrected chi connectivity index (χ0v) is 40.1. The third-order valence-corrected chi connectivity index (χ3v) is 15.0. The summed E-state index contributed by atoms with van der Waals surface area (Å²) in [7, 11) is 0. The number of benzene rings is 13. The molecule has 0 amide bonds. The third kappa shape index (κ3) is 6.69. The van der Waals surface area contributed by atoms with Crippen molar-refractivity contribution in [3.8, 4) is 22.3 Å². The topological polar surface area (TPSA) is 32.8 Å². The van der Waals surface area contributed by atoms with Gasteiger partial charge in [0.25, 0.3) is 0 Å². The summed E-state index contributed by atoms with van der Waals surface area (Å²) in [5, 5.41) is 13.8. The maximum absolute atomic E-state index is 6.53. The van der Waals surface area contributed by atoms with Crippen LogP contribution in [0.4, 0.5) is 34.1 Å². The van der Waals surface area contributed by atoms with Crippen molar-refractivity contribution < 1.29 is 8.83 Å². The molecule has 15 rings (SSSR count). The first-order valence-electron chi connectivity index (χ1n) is 25.2. The van der Waals surface area contributed by atoms with E-state index in [-0.39, 0.29) is 0 Å². The molecule has 0 saturated heterocycles. The molecule has 0 bridgehead atoms. The predicted octanol–water partition coefficient (Wildman–Crippen LogP) is 20.4. The van der Waals surface area contributed by atoms with Crippen LogP contribution in [0.15, 0.2) is 276 Å². The van der Waals surface area contributed by atoms with Crippen LogP contribution >= 0.6 is 0 Å². The molecule has 0 aliphatic rings. The van der Waals surface area contributed by atoms with Gasteiger partial charge in [0.15, 0.2) is 0 Å². The Morgan fingerprint density at radius 2 is 0.541 bits per heavy atom. The van der Waals surface area contributed by atoms with Gasteiger partial charge in [-0.3, -0.25) is 0 Å². The third-order valence-electron chi connectivity index (χ3n) is 15.0. The molecule has 346 valence electrons. The molecule has 13 aromatic carbocycles. The van der Waals surface area contributed by atoms with Crippen LogP contribution in [0.5, 0.6) is 0 Å².